The van der Waals surface area contributed by atoms with Crippen molar-refractivity contribution in [2.24, 2.45) is 17.6 Å². The van der Waals surface area contributed by atoms with Gasteiger partial charge in [0.2, 0.25) is 11.9 Å². The number of hydrogen-bond acceptors (Lipinski definition) is 6. The highest BCUT2D eigenvalue weighted by Gasteiger charge is 2.64. The monoisotopic (exact) mass is 555 g/mol. The highest BCUT2D eigenvalue weighted by atomic mass is 35.5. The summed E-state index contributed by atoms with van der Waals surface area (Å²) in [7, 11) is 0. The summed E-state index contributed by atoms with van der Waals surface area (Å²) in [4.78, 5) is 22.8. The molecule has 38 heavy (non-hydrogen) atoms. The molecule has 1 saturated heterocycles. The number of aromatic nitrogens is 2. The fourth-order valence-electron chi connectivity index (χ4n) is 5.49. The number of alkyl halides is 3. The molecule has 5 rings (SSSR count). The third kappa shape index (κ3) is 5.68. The Balaban J connectivity index is 1.05. The number of nitrogens with zero attached hydrogens (tertiary/aromatic N) is 3. The minimum atomic E-state index is -4.51. The first-order chi connectivity index (χ1) is 18.0. The van der Waals surface area contributed by atoms with E-state index in [4.69, 9.17) is 22.1 Å². The van der Waals surface area contributed by atoms with Crippen molar-refractivity contribution in [2.45, 2.75) is 62.2 Å². The van der Waals surface area contributed by atoms with Crippen LogP contribution in [0.3, 0.4) is 0 Å². The van der Waals surface area contributed by atoms with Crippen molar-refractivity contribution in [3.05, 3.63) is 47.0 Å². The Morgan fingerprint density at radius 1 is 1.21 bits per heavy atom. The van der Waals surface area contributed by atoms with E-state index in [9.17, 15) is 22.4 Å². The van der Waals surface area contributed by atoms with Gasteiger partial charge in [-0.15, -0.1) is 0 Å². The molecule has 0 bridgehead atoms. The van der Waals surface area contributed by atoms with Gasteiger partial charge in [0.15, 0.2) is 0 Å². The third-order valence-electron chi connectivity index (χ3n) is 8.13. The Kier molecular flexibility index (Phi) is 7.19. The summed E-state index contributed by atoms with van der Waals surface area (Å²) in [5, 5.41) is 2.52. The van der Waals surface area contributed by atoms with Crippen molar-refractivity contribution in [2.75, 3.05) is 24.6 Å². The number of amides is 1. The van der Waals surface area contributed by atoms with Crippen LogP contribution in [0.1, 0.15) is 44.1 Å². The van der Waals surface area contributed by atoms with E-state index in [1.165, 1.54) is 12.1 Å². The molecule has 1 aliphatic heterocycles. The standard InChI is InChI=1S/C26H30ClF4N5O2/c27-19-14-33-23(34-15-19)36-8-3-17(4-9-36)25(32)13-18(25)5-10-38-20-2-1-16(21(28)12-20)11-22(37)35-24(6-7-24)26(29,30)31/h1-2,12,14-15,17-18H,3-11,13,32H2,(H,35,37). The maximum atomic E-state index is 14.5. The number of carbonyl (C=O) groups is 1. The van der Waals surface area contributed by atoms with Crippen molar-refractivity contribution < 1.29 is 27.1 Å². The first kappa shape index (κ1) is 26.9. The van der Waals surface area contributed by atoms with Crippen LogP contribution in [0.2, 0.25) is 5.02 Å². The maximum Gasteiger partial charge on any atom is 0.411 e. The molecule has 2 saturated carbocycles. The molecule has 7 nitrogen and oxygen atoms in total. The molecular formula is C26H30ClF4N5O2. The number of hydrogen-bond donors (Lipinski definition) is 2. The summed E-state index contributed by atoms with van der Waals surface area (Å²) >= 11 is 5.87. The summed E-state index contributed by atoms with van der Waals surface area (Å²) in [5.74, 6) is 0.150. The van der Waals surface area contributed by atoms with E-state index in [0.29, 0.717) is 35.2 Å². The first-order valence-electron chi connectivity index (χ1n) is 12.8. The zero-order valence-electron chi connectivity index (χ0n) is 20.7. The number of carbonyl (C=O) groups excluding carboxylic acids is 1. The predicted molar refractivity (Wildman–Crippen MR) is 133 cm³/mol. The van der Waals surface area contributed by atoms with E-state index >= 15 is 0 Å². The topological polar surface area (TPSA) is 93.4 Å². The van der Waals surface area contributed by atoms with Crippen molar-refractivity contribution in [1.82, 2.24) is 15.3 Å². The number of ether oxygens (including phenoxy) is 1. The SMILES string of the molecule is NC1(C2CCN(c3ncc(Cl)cn3)CC2)CC1CCOc1ccc(CC(=O)NC2(C(F)(F)F)CC2)c(F)c1. The number of rotatable bonds is 9. The van der Waals surface area contributed by atoms with Crippen molar-refractivity contribution in [1.29, 1.82) is 0 Å². The molecule has 3 N–H and O–H groups in total. The second-order valence-electron chi connectivity index (χ2n) is 10.7. The minimum absolute atomic E-state index is 0.0198. The quantitative estimate of drug-likeness (QED) is 0.445. The summed E-state index contributed by atoms with van der Waals surface area (Å²) < 4.78 is 59.3. The van der Waals surface area contributed by atoms with Crippen LogP contribution in [0, 0.1) is 17.7 Å². The van der Waals surface area contributed by atoms with Crippen LogP contribution in [0.15, 0.2) is 30.6 Å². The Morgan fingerprint density at radius 3 is 2.50 bits per heavy atom. The molecule has 206 valence electrons. The highest BCUT2D eigenvalue weighted by molar-refractivity contribution is 6.30. The third-order valence-corrected chi connectivity index (χ3v) is 8.32. The molecule has 2 aliphatic carbocycles. The largest absolute Gasteiger partial charge is 0.493 e. The van der Waals surface area contributed by atoms with Crippen LogP contribution < -0.4 is 20.7 Å². The van der Waals surface area contributed by atoms with E-state index in [-0.39, 0.29) is 23.9 Å². The molecule has 0 radical (unpaired) electrons. The van der Waals surface area contributed by atoms with Gasteiger partial charge in [-0.2, -0.15) is 13.2 Å². The number of anilines is 1. The lowest BCUT2D eigenvalue weighted by Crippen LogP contribution is -2.48. The Bertz CT molecular complexity index is 1170. The predicted octanol–water partition coefficient (Wildman–Crippen LogP) is 4.43. The van der Waals surface area contributed by atoms with Gasteiger partial charge < -0.3 is 20.7 Å². The summed E-state index contributed by atoms with van der Waals surface area (Å²) in [6.45, 7) is 2.03. The number of halogens is 5. The van der Waals surface area contributed by atoms with Gasteiger partial charge in [-0.1, -0.05) is 17.7 Å². The van der Waals surface area contributed by atoms with Crippen molar-refractivity contribution in [3.8, 4) is 5.75 Å². The molecule has 1 aromatic heterocycles. The van der Waals surface area contributed by atoms with Crippen molar-refractivity contribution >= 4 is 23.5 Å². The molecule has 2 aromatic rings. The van der Waals surface area contributed by atoms with Gasteiger partial charge >= 0.3 is 6.18 Å². The van der Waals surface area contributed by atoms with Gasteiger partial charge in [-0.3, -0.25) is 4.79 Å². The Labute approximate surface area is 223 Å². The lowest BCUT2D eigenvalue weighted by molar-refractivity contribution is -0.170. The van der Waals surface area contributed by atoms with Crippen LogP contribution >= 0.6 is 11.6 Å². The molecule has 0 spiro atoms. The second-order valence-corrected chi connectivity index (χ2v) is 11.1. The number of piperidine rings is 1. The molecule has 1 amide bonds. The normalized spacial score (nSPS) is 24.7. The lowest BCUT2D eigenvalue weighted by atomic mass is 9.86. The number of benzene rings is 1. The molecule has 1 aromatic carbocycles. The zero-order chi connectivity index (χ0) is 27.1. The van der Waals surface area contributed by atoms with E-state index in [1.807, 2.05) is 5.32 Å². The lowest BCUT2D eigenvalue weighted by Gasteiger charge is -2.35. The van der Waals surface area contributed by atoms with Crippen LogP contribution in [-0.4, -0.2) is 52.8 Å². The smallest absolute Gasteiger partial charge is 0.411 e. The van der Waals surface area contributed by atoms with Crippen LogP contribution in [-0.2, 0) is 11.2 Å². The fraction of sp³-hybridized carbons (Fsp3) is 0.577. The van der Waals surface area contributed by atoms with Crippen LogP contribution in [0.5, 0.6) is 5.75 Å². The average Bonchev–Trinajstić information content (AvgIpc) is 3.78. The molecule has 12 heteroatoms. The molecule has 3 aliphatic rings. The van der Waals surface area contributed by atoms with Crippen LogP contribution in [0.25, 0.3) is 0 Å². The molecular weight excluding hydrogens is 526 g/mol. The zero-order valence-corrected chi connectivity index (χ0v) is 21.5. The van der Waals surface area contributed by atoms with Gasteiger partial charge in [0.1, 0.15) is 17.1 Å². The van der Waals surface area contributed by atoms with Gasteiger partial charge in [0, 0.05) is 24.7 Å². The molecule has 3 fully saturated rings. The van der Waals surface area contributed by atoms with E-state index in [2.05, 4.69) is 14.9 Å². The number of nitrogens with two attached hydrogens (primary N) is 1. The van der Waals surface area contributed by atoms with Gasteiger partial charge in [0.25, 0.3) is 0 Å². The van der Waals surface area contributed by atoms with E-state index in [1.54, 1.807) is 12.4 Å². The fourth-order valence-corrected chi connectivity index (χ4v) is 5.59. The summed E-state index contributed by atoms with van der Waals surface area (Å²) in [5.41, 5.74) is 4.35. The van der Waals surface area contributed by atoms with E-state index in [0.717, 1.165) is 44.8 Å². The number of nitrogens with one attached hydrogen (secondary N) is 1. The van der Waals surface area contributed by atoms with Crippen molar-refractivity contribution in [3.63, 3.8) is 0 Å². The Morgan fingerprint density at radius 2 is 1.89 bits per heavy atom. The minimum Gasteiger partial charge on any atom is -0.493 e. The average molecular weight is 556 g/mol. The van der Waals surface area contributed by atoms with E-state index < -0.39 is 29.9 Å². The second kappa shape index (κ2) is 10.1. The van der Waals surface area contributed by atoms with Crippen LogP contribution in [0.4, 0.5) is 23.5 Å². The molecule has 2 heterocycles. The first-order valence-corrected chi connectivity index (χ1v) is 13.2. The molecule has 2 atom stereocenters. The van der Waals surface area contributed by atoms with Gasteiger partial charge in [0.05, 0.1) is 30.4 Å². The summed E-state index contributed by atoms with van der Waals surface area (Å²) in [6.07, 6.45) is 1.46. The Hall–Kier alpha value is -2.66. The highest BCUT2D eigenvalue weighted by Crippen LogP contribution is 2.52. The maximum absolute atomic E-state index is 14.5. The molecule has 2 unspecified atom stereocenters. The van der Waals surface area contributed by atoms with Gasteiger partial charge in [-0.05, 0) is 62.0 Å². The van der Waals surface area contributed by atoms with Gasteiger partial charge in [-0.25, -0.2) is 14.4 Å². The summed E-state index contributed by atoms with van der Waals surface area (Å²) in [6, 6.07) is 4.07.